The quantitative estimate of drug-likeness (QED) is 0.650. The van der Waals surface area contributed by atoms with E-state index in [1.165, 1.54) is 6.07 Å². The first-order valence-electron chi connectivity index (χ1n) is 5.91. The highest BCUT2D eigenvalue weighted by atomic mass is 35.5. The Morgan fingerprint density at radius 2 is 1.85 bits per heavy atom. The van der Waals surface area contributed by atoms with Crippen molar-refractivity contribution in [1.82, 2.24) is 0 Å². The van der Waals surface area contributed by atoms with Crippen LogP contribution in [0.2, 0.25) is 5.02 Å². The van der Waals surface area contributed by atoms with E-state index in [0.717, 1.165) is 0 Å². The average Bonchev–Trinajstić information content (AvgIpc) is 2.71. The van der Waals surface area contributed by atoms with Crippen LogP contribution in [0.1, 0.15) is 15.9 Å². The first kappa shape index (κ1) is 13.2. The third kappa shape index (κ3) is 2.02. The molecule has 5 heteroatoms. The molecule has 20 heavy (non-hydrogen) atoms. The van der Waals surface area contributed by atoms with E-state index in [2.05, 4.69) is 0 Å². The minimum absolute atomic E-state index is 0.133. The number of nitrogens with two attached hydrogens (primary N) is 1. The maximum atomic E-state index is 12.4. The van der Waals surface area contributed by atoms with Gasteiger partial charge in [-0.2, -0.15) is 0 Å². The molecule has 1 aliphatic rings. The van der Waals surface area contributed by atoms with E-state index in [4.69, 9.17) is 17.3 Å². The maximum absolute atomic E-state index is 12.4. The minimum Gasteiger partial charge on any atom is -0.606 e. The second-order valence-electron chi connectivity index (χ2n) is 4.35. The second-order valence-corrected chi connectivity index (χ2v) is 6.17. The molecule has 1 heterocycles. The standard InChI is InChI=1S/C15H10ClNO2S/c16-10-6-7-12-11(8-10)14(18)15(20(12)19)13(17)9-4-2-1-3-5-9/h1-8H,17H2/b15-13+. The number of rotatable bonds is 1. The number of ketones is 1. The van der Waals surface area contributed by atoms with Gasteiger partial charge in [-0.25, -0.2) is 0 Å². The molecule has 0 amide bonds. The van der Waals surface area contributed by atoms with Gasteiger partial charge in [0.1, 0.15) is 0 Å². The third-order valence-electron chi connectivity index (χ3n) is 3.11. The highest BCUT2D eigenvalue weighted by Gasteiger charge is 2.41. The predicted octanol–water partition coefficient (Wildman–Crippen LogP) is 2.97. The van der Waals surface area contributed by atoms with Crippen molar-refractivity contribution in [3.63, 3.8) is 0 Å². The number of Topliss-reactive ketones (excluding diaryl/α,β-unsaturated/α-hetero) is 1. The number of allylic oxidation sites excluding steroid dienone is 1. The summed E-state index contributed by atoms with van der Waals surface area (Å²) in [6.45, 7) is 0. The summed E-state index contributed by atoms with van der Waals surface area (Å²) in [7, 11) is 0. The Balaban J connectivity index is 2.16. The van der Waals surface area contributed by atoms with Crippen LogP contribution in [0.15, 0.2) is 58.3 Å². The molecule has 0 aliphatic carbocycles. The van der Waals surface area contributed by atoms with Crippen LogP contribution in [0.3, 0.4) is 0 Å². The van der Waals surface area contributed by atoms with Crippen molar-refractivity contribution in [2.75, 3.05) is 0 Å². The van der Waals surface area contributed by atoms with Gasteiger partial charge in [0, 0.05) is 21.8 Å². The summed E-state index contributed by atoms with van der Waals surface area (Å²) in [4.78, 5) is 13.0. The van der Waals surface area contributed by atoms with E-state index in [1.54, 1.807) is 24.3 Å². The van der Waals surface area contributed by atoms with Gasteiger partial charge in [0.15, 0.2) is 4.90 Å². The van der Waals surface area contributed by atoms with E-state index >= 15 is 0 Å². The van der Waals surface area contributed by atoms with Gasteiger partial charge in [0.25, 0.3) is 0 Å². The van der Waals surface area contributed by atoms with E-state index in [-0.39, 0.29) is 16.4 Å². The highest BCUT2D eigenvalue weighted by molar-refractivity contribution is 7.97. The molecule has 0 bridgehead atoms. The Labute approximate surface area is 124 Å². The van der Waals surface area contributed by atoms with Crippen LogP contribution in [-0.4, -0.2) is 10.3 Å². The minimum atomic E-state index is -1.56. The van der Waals surface area contributed by atoms with Crippen molar-refractivity contribution >= 4 is 34.3 Å². The van der Waals surface area contributed by atoms with E-state index < -0.39 is 11.2 Å². The van der Waals surface area contributed by atoms with E-state index in [9.17, 15) is 9.35 Å². The molecule has 0 saturated heterocycles. The largest absolute Gasteiger partial charge is 0.606 e. The van der Waals surface area contributed by atoms with Crippen molar-refractivity contribution in [1.29, 1.82) is 0 Å². The number of benzene rings is 2. The van der Waals surface area contributed by atoms with Crippen LogP contribution < -0.4 is 5.73 Å². The summed E-state index contributed by atoms with van der Waals surface area (Å²) < 4.78 is 12.4. The van der Waals surface area contributed by atoms with Gasteiger partial charge in [0.2, 0.25) is 10.7 Å². The van der Waals surface area contributed by atoms with Crippen LogP contribution in [0.4, 0.5) is 0 Å². The maximum Gasteiger partial charge on any atom is 0.248 e. The van der Waals surface area contributed by atoms with Crippen molar-refractivity contribution in [2.45, 2.75) is 4.90 Å². The van der Waals surface area contributed by atoms with Gasteiger partial charge in [-0.1, -0.05) is 41.9 Å². The van der Waals surface area contributed by atoms with Crippen molar-refractivity contribution in [3.8, 4) is 0 Å². The fourth-order valence-electron chi connectivity index (χ4n) is 2.13. The SMILES string of the molecule is N/C(=C1\C(=O)c2cc(Cl)ccc2[S+]1[O-])c1ccccc1. The zero-order chi connectivity index (χ0) is 14.3. The molecule has 2 aromatic rings. The second kappa shape index (κ2) is 4.98. The molecule has 1 unspecified atom stereocenters. The average molecular weight is 304 g/mol. The zero-order valence-corrected chi connectivity index (χ0v) is 11.9. The number of hydrogen-bond acceptors (Lipinski definition) is 3. The number of hydrogen-bond donors (Lipinski definition) is 1. The molecule has 1 atom stereocenters. The van der Waals surface area contributed by atoms with Gasteiger partial charge in [-0.05, 0) is 18.2 Å². The monoisotopic (exact) mass is 303 g/mol. The lowest BCUT2D eigenvalue weighted by Crippen LogP contribution is -2.11. The smallest absolute Gasteiger partial charge is 0.248 e. The summed E-state index contributed by atoms with van der Waals surface area (Å²) in [5, 5.41) is 0.439. The zero-order valence-electron chi connectivity index (χ0n) is 10.3. The van der Waals surface area contributed by atoms with Crippen molar-refractivity contribution in [2.24, 2.45) is 5.73 Å². The molecule has 0 saturated carbocycles. The third-order valence-corrected chi connectivity index (χ3v) is 4.87. The summed E-state index contributed by atoms with van der Waals surface area (Å²) in [5.41, 5.74) is 7.33. The number of halogens is 1. The fourth-order valence-corrected chi connectivity index (χ4v) is 3.66. The Morgan fingerprint density at radius 3 is 2.55 bits per heavy atom. The molecular formula is C15H10ClNO2S. The summed E-state index contributed by atoms with van der Waals surface area (Å²) in [6, 6.07) is 13.8. The Morgan fingerprint density at radius 1 is 1.15 bits per heavy atom. The molecule has 100 valence electrons. The van der Waals surface area contributed by atoms with E-state index in [0.29, 0.717) is 21.0 Å². The lowest BCUT2D eigenvalue weighted by atomic mass is 10.1. The van der Waals surface area contributed by atoms with E-state index in [1.807, 2.05) is 18.2 Å². The molecule has 3 rings (SSSR count). The van der Waals surface area contributed by atoms with Crippen LogP contribution in [0.25, 0.3) is 5.70 Å². The molecular weight excluding hydrogens is 294 g/mol. The van der Waals surface area contributed by atoms with Gasteiger partial charge in [-0.3, -0.25) is 4.79 Å². The van der Waals surface area contributed by atoms with Crippen molar-refractivity contribution < 1.29 is 9.35 Å². The molecule has 0 aromatic heterocycles. The molecule has 0 fully saturated rings. The van der Waals surface area contributed by atoms with Crippen LogP contribution in [0, 0.1) is 0 Å². The molecule has 0 spiro atoms. The topological polar surface area (TPSA) is 66.2 Å². The van der Waals surface area contributed by atoms with Crippen LogP contribution in [0.5, 0.6) is 0 Å². The van der Waals surface area contributed by atoms with Gasteiger partial charge < -0.3 is 10.3 Å². The fraction of sp³-hybridized carbons (Fsp3) is 0. The molecule has 3 nitrogen and oxygen atoms in total. The van der Waals surface area contributed by atoms with Gasteiger partial charge >= 0.3 is 0 Å². The van der Waals surface area contributed by atoms with Crippen LogP contribution in [-0.2, 0) is 11.2 Å². The van der Waals surface area contributed by atoms with Crippen LogP contribution >= 0.6 is 11.6 Å². The summed E-state index contributed by atoms with van der Waals surface area (Å²) in [6.07, 6.45) is 0. The number of fused-ring (bicyclic) bond motifs is 1. The molecule has 2 N–H and O–H groups in total. The normalized spacial score (nSPS) is 19.9. The Kier molecular flexibility index (Phi) is 3.30. The lowest BCUT2D eigenvalue weighted by molar-refractivity contribution is 0.104. The molecule has 1 aliphatic heterocycles. The molecule has 2 aromatic carbocycles. The van der Waals surface area contributed by atoms with Gasteiger partial charge in [-0.15, -0.1) is 0 Å². The lowest BCUT2D eigenvalue weighted by Gasteiger charge is -2.07. The predicted molar refractivity (Wildman–Crippen MR) is 79.7 cm³/mol. The number of carbonyl (C=O) groups excluding carboxylic acids is 1. The number of carbonyl (C=O) groups is 1. The summed E-state index contributed by atoms with van der Waals surface area (Å²) in [5.74, 6) is -0.317. The van der Waals surface area contributed by atoms with Gasteiger partial charge in [0.05, 0.1) is 11.3 Å². The highest BCUT2D eigenvalue weighted by Crippen LogP contribution is 2.37. The molecule has 0 radical (unpaired) electrons. The van der Waals surface area contributed by atoms with Crippen molar-refractivity contribution in [3.05, 3.63) is 69.6 Å². The first-order chi connectivity index (χ1) is 9.59. The first-order valence-corrected chi connectivity index (χ1v) is 7.43. The Bertz CT molecular complexity index is 728. The summed E-state index contributed by atoms with van der Waals surface area (Å²) >= 11 is 4.32. The Hall–Kier alpha value is -1.75.